The Morgan fingerprint density at radius 1 is 1.20 bits per heavy atom. The minimum absolute atomic E-state index is 0.503. The van der Waals surface area contributed by atoms with Gasteiger partial charge in [-0.3, -0.25) is 0 Å². The van der Waals surface area contributed by atoms with Crippen molar-refractivity contribution in [2.75, 3.05) is 13.6 Å². The lowest BCUT2D eigenvalue weighted by atomic mass is 10.1. The third-order valence-electron chi connectivity index (χ3n) is 1.68. The maximum atomic E-state index is 3.73. The molecule has 1 rings (SSSR count). The maximum Gasteiger partial charge on any atom is 0.0393 e. The molecule has 2 nitrogen and oxygen atoms in total. The number of nitrogens with zero attached hydrogens (tertiary/aromatic N) is 1. The van der Waals surface area contributed by atoms with Crippen LogP contribution >= 0.6 is 0 Å². The second kappa shape index (κ2) is 19.0. The van der Waals surface area contributed by atoms with Crippen LogP contribution in [0.1, 0.15) is 40.5 Å². The van der Waals surface area contributed by atoms with Crippen molar-refractivity contribution in [1.82, 2.24) is 10.4 Å². The summed E-state index contributed by atoms with van der Waals surface area (Å²) in [6, 6.07) is 0.503. The zero-order valence-electron chi connectivity index (χ0n) is 11.3. The van der Waals surface area contributed by atoms with Gasteiger partial charge in [0.2, 0.25) is 0 Å². The molecule has 1 N–H and O–H groups in total. The van der Waals surface area contributed by atoms with Gasteiger partial charge in [-0.1, -0.05) is 33.8 Å². The number of nitrogens with one attached hydrogen (secondary N) is 1. The third-order valence-corrected chi connectivity index (χ3v) is 1.68. The smallest absolute Gasteiger partial charge is 0.0393 e. The van der Waals surface area contributed by atoms with Gasteiger partial charge < -0.3 is 0 Å². The van der Waals surface area contributed by atoms with Crippen molar-refractivity contribution in [2.24, 2.45) is 0 Å². The number of hydrogen-bond acceptors (Lipinski definition) is 2. The fraction of sp³-hybridized carbons (Fsp3) is 0.692. The van der Waals surface area contributed by atoms with Crippen LogP contribution < -0.4 is 5.43 Å². The second-order valence-corrected chi connectivity index (χ2v) is 2.54. The number of hydrazine groups is 1. The zero-order chi connectivity index (χ0) is 12.7. The summed E-state index contributed by atoms with van der Waals surface area (Å²) < 4.78 is 0. The monoisotopic (exact) mass is 214 g/mol. The summed E-state index contributed by atoms with van der Waals surface area (Å²) in [5.74, 6) is 0. The molecule has 0 aromatic heterocycles. The van der Waals surface area contributed by atoms with E-state index in [1.165, 1.54) is 12.8 Å². The van der Waals surface area contributed by atoms with E-state index >= 15 is 0 Å². The van der Waals surface area contributed by atoms with Crippen LogP contribution in [0.2, 0.25) is 0 Å². The molecular weight excluding hydrogens is 184 g/mol. The fourth-order valence-corrected chi connectivity index (χ4v) is 1.13. The fourth-order valence-electron chi connectivity index (χ4n) is 1.13. The number of rotatable bonds is 1. The predicted octanol–water partition coefficient (Wildman–Crippen LogP) is 3.63. The minimum atomic E-state index is 0.503. The Morgan fingerprint density at radius 2 is 1.67 bits per heavy atom. The van der Waals surface area contributed by atoms with Crippen molar-refractivity contribution < 1.29 is 0 Å². The van der Waals surface area contributed by atoms with Crippen molar-refractivity contribution in [1.29, 1.82) is 0 Å². The highest BCUT2D eigenvalue weighted by Crippen LogP contribution is 2.04. The van der Waals surface area contributed by atoms with Crippen LogP contribution in [-0.2, 0) is 0 Å². The van der Waals surface area contributed by atoms with Gasteiger partial charge in [0, 0.05) is 19.6 Å². The summed E-state index contributed by atoms with van der Waals surface area (Å²) >= 11 is 0. The summed E-state index contributed by atoms with van der Waals surface area (Å²) in [4.78, 5) is 0. The van der Waals surface area contributed by atoms with Crippen molar-refractivity contribution >= 4 is 0 Å². The van der Waals surface area contributed by atoms with Crippen LogP contribution in [0.15, 0.2) is 25.8 Å². The molecule has 1 aliphatic rings. The van der Waals surface area contributed by atoms with E-state index in [1.807, 2.05) is 33.8 Å². The van der Waals surface area contributed by atoms with E-state index in [0.29, 0.717) is 6.04 Å². The van der Waals surface area contributed by atoms with Crippen molar-refractivity contribution in [3.05, 3.63) is 25.8 Å². The quantitative estimate of drug-likeness (QED) is 0.671. The Hall–Kier alpha value is -0.600. The summed E-state index contributed by atoms with van der Waals surface area (Å²) in [5.41, 5.74) is 3.28. The van der Waals surface area contributed by atoms with Gasteiger partial charge >= 0.3 is 0 Å². The summed E-state index contributed by atoms with van der Waals surface area (Å²) in [7, 11) is 2.07. The van der Waals surface area contributed by atoms with Gasteiger partial charge in [0.15, 0.2) is 0 Å². The first kappa shape index (κ1) is 19.9. The van der Waals surface area contributed by atoms with Crippen LogP contribution in [0.5, 0.6) is 0 Å². The highest BCUT2D eigenvalue weighted by atomic mass is 15.5. The third kappa shape index (κ3) is 13.4. The van der Waals surface area contributed by atoms with Crippen LogP contribution in [0, 0.1) is 0 Å². The average Bonchev–Trinajstić information content (AvgIpc) is 2.36. The van der Waals surface area contributed by atoms with Gasteiger partial charge in [-0.05, 0) is 12.8 Å². The average molecular weight is 214 g/mol. The molecule has 2 heteroatoms. The molecule has 0 amide bonds. The molecule has 1 fully saturated rings. The first-order chi connectivity index (χ1) is 7.33. The molecular formula is C13H30N2. The molecule has 0 bridgehead atoms. The molecule has 0 unspecified atom stereocenters. The predicted molar refractivity (Wildman–Crippen MR) is 72.9 cm³/mol. The van der Waals surface area contributed by atoms with Gasteiger partial charge in [-0.15, -0.1) is 19.7 Å². The first-order valence-corrected chi connectivity index (χ1v) is 5.93. The van der Waals surface area contributed by atoms with E-state index in [4.69, 9.17) is 0 Å². The summed E-state index contributed by atoms with van der Waals surface area (Å²) in [6.45, 7) is 18.9. The molecule has 1 atom stereocenters. The summed E-state index contributed by atoms with van der Waals surface area (Å²) in [6.07, 6.45) is 4.48. The van der Waals surface area contributed by atoms with Gasteiger partial charge in [-0.2, -0.15) is 0 Å². The molecule has 0 aromatic carbocycles. The van der Waals surface area contributed by atoms with Gasteiger partial charge in [0.05, 0.1) is 0 Å². The van der Waals surface area contributed by atoms with Gasteiger partial charge in [0.25, 0.3) is 0 Å². The van der Waals surface area contributed by atoms with Crippen LogP contribution in [0.3, 0.4) is 0 Å². The Kier molecular flexibility index (Phi) is 25.3. The van der Waals surface area contributed by atoms with E-state index in [1.54, 1.807) is 0 Å². The maximum absolute atomic E-state index is 3.73. The lowest BCUT2D eigenvalue weighted by molar-refractivity contribution is 0.166. The topological polar surface area (TPSA) is 15.3 Å². The Bertz CT molecular complexity index is 113. The zero-order valence-corrected chi connectivity index (χ0v) is 11.3. The molecule has 0 aromatic rings. The summed E-state index contributed by atoms with van der Waals surface area (Å²) in [5, 5.41) is 2.12. The molecule has 0 radical (unpaired) electrons. The Morgan fingerprint density at radius 3 is 1.93 bits per heavy atom. The molecule has 1 heterocycles. The Labute approximate surface area is 97.0 Å². The van der Waals surface area contributed by atoms with Crippen molar-refractivity contribution in [3.8, 4) is 0 Å². The van der Waals surface area contributed by atoms with Crippen LogP contribution in [-0.4, -0.2) is 24.6 Å². The molecule has 1 saturated heterocycles. The lowest BCUT2D eigenvalue weighted by Crippen LogP contribution is -2.45. The van der Waals surface area contributed by atoms with Gasteiger partial charge in [0.1, 0.15) is 0 Å². The highest BCUT2D eigenvalue weighted by molar-refractivity contribution is 4.86. The van der Waals surface area contributed by atoms with E-state index in [0.717, 1.165) is 6.54 Å². The van der Waals surface area contributed by atoms with E-state index in [2.05, 4.69) is 37.2 Å². The van der Waals surface area contributed by atoms with Crippen molar-refractivity contribution in [3.63, 3.8) is 0 Å². The normalized spacial score (nSPS) is 19.1. The lowest BCUT2D eigenvalue weighted by Gasteiger charge is -2.28. The first-order valence-electron chi connectivity index (χ1n) is 5.93. The largest absolute Gasteiger partial charge is 0.249 e. The number of hydrogen-bond donors (Lipinski definition) is 1. The molecule has 1 aliphatic heterocycles. The molecule has 0 spiro atoms. The molecule has 0 aliphatic carbocycles. The van der Waals surface area contributed by atoms with Gasteiger partial charge in [-0.25, -0.2) is 10.4 Å². The van der Waals surface area contributed by atoms with E-state index in [-0.39, 0.29) is 0 Å². The van der Waals surface area contributed by atoms with Crippen LogP contribution in [0.25, 0.3) is 0 Å². The van der Waals surface area contributed by atoms with E-state index < -0.39 is 0 Å². The Balaban J connectivity index is -0.000000208. The second-order valence-electron chi connectivity index (χ2n) is 2.54. The van der Waals surface area contributed by atoms with Crippen LogP contribution in [0.4, 0.5) is 0 Å². The SMILES string of the molecule is C=C.C=C[C@@H]1CCCN(C)N1.CC.CC. The minimum Gasteiger partial charge on any atom is -0.249 e. The standard InChI is InChI=1S/C7H14N2.2C2H6.C2H4/c1-3-7-5-4-6-9(2)8-7;3*1-2/h3,7-8H,1,4-6H2,2H3;2*1-2H3;1-2H2/t7-;;;/m1.../s1. The molecule has 15 heavy (non-hydrogen) atoms. The van der Waals surface area contributed by atoms with E-state index in [9.17, 15) is 0 Å². The molecule has 0 saturated carbocycles. The van der Waals surface area contributed by atoms with Crippen molar-refractivity contribution in [2.45, 2.75) is 46.6 Å². The highest BCUT2D eigenvalue weighted by Gasteiger charge is 2.11. The molecule has 92 valence electrons.